The lowest BCUT2D eigenvalue weighted by Crippen LogP contribution is -2.42. The number of ether oxygens (including phenoxy) is 1. The van der Waals surface area contributed by atoms with Crippen molar-refractivity contribution in [3.63, 3.8) is 0 Å². The molecule has 27 heavy (non-hydrogen) atoms. The van der Waals surface area contributed by atoms with E-state index in [0.29, 0.717) is 30.1 Å². The minimum atomic E-state index is -0.308. The molecule has 2 heterocycles. The van der Waals surface area contributed by atoms with E-state index in [9.17, 15) is 9.18 Å². The summed E-state index contributed by atoms with van der Waals surface area (Å²) in [5, 5.41) is 6.50. The Bertz CT molecular complexity index is 765. The molecule has 6 heteroatoms. The topological polar surface area (TPSA) is 63.2 Å². The molecule has 2 aliphatic rings. The van der Waals surface area contributed by atoms with E-state index in [4.69, 9.17) is 4.74 Å². The van der Waals surface area contributed by atoms with E-state index < -0.39 is 0 Å². The third kappa shape index (κ3) is 4.45. The number of carbonyl (C=O) groups excluding carboxylic acids is 1. The number of amides is 1. The highest BCUT2D eigenvalue weighted by atomic mass is 19.1. The fourth-order valence-corrected chi connectivity index (χ4v) is 4.03. The Morgan fingerprint density at radius 2 is 2.00 bits per heavy atom. The fraction of sp³-hybridized carbons (Fsp3) is 0.429. The van der Waals surface area contributed by atoms with Gasteiger partial charge in [-0.1, -0.05) is 18.9 Å². The fourth-order valence-electron chi connectivity index (χ4n) is 4.03. The molecule has 142 valence electrons. The van der Waals surface area contributed by atoms with E-state index in [1.165, 1.54) is 37.8 Å². The van der Waals surface area contributed by atoms with E-state index in [1.807, 2.05) is 6.07 Å². The number of hydrogen-bond acceptors (Lipinski definition) is 4. The number of carbonyl (C=O) groups is 1. The first kappa shape index (κ1) is 17.9. The molecule has 3 unspecified atom stereocenters. The number of hydrogen-bond donors (Lipinski definition) is 2. The van der Waals surface area contributed by atoms with Gasteiger partial charge in [0.2, 0.25) is 11.8 Å². The standard InChI is InChI=1S/C21H24FN3O2/c22-16-6-8-17(9-7-16)27-20-10-5-14(12-23-20)13-24-21(26)19-11-15-3-1-2-4-18(15)25-19/h5-10,12,15,18-19,25H,1-4,11,13H2,(H,24,26). The van der Waals surface area contributed by atoms with Crippen molar-refractivity contribution >= 4 is 5.91 Å². The largest absolute Gasteiger partial charge is 0.439 e. The van der Waals surface area contributed by atoms with Gasteiger partial charge in [-0.2, -0.15) is 0 Å². The zero-order valence-corrected chi connectivity index (χ0v) is 15.2. The number of halogens is 1. The van der Waals surface area contributed by atoms with Crippen LogP contribution in [-0.4, -0.2) is 23.0 Å². The predicted octanol–water partition coefficient (Wildman–Crippen LogP) is 3.55. The highest BCUT2D eigenvalue weighted by Crippen LogP contribution is 2.33. The molecule has 1 aromatic carbocycles. The molecule has 1 aliphatic carbocycles. The van der Waals surface area contributed by atoms with Crippen molar-refractivity contribution in [3.05, 3.63) is 54.0 Å². The number of fused-ring (bicyclic) bond motifs is 1. The SMILES string of the molecule is O=C(NCc1ccc(Oc2ccc(F)cc2)nc1)C1CC2CCCCC2N1. The molecule has 5 nitrogen and oxygen atoms in total. The van der Waals surface area contributed by atoms with Gasteiger partial charge in [0, 0.05) is 24.8 Å². The number of pyridine rings is 1. The van der Waals surface area contributed by atoms with Crippen LogP contribution in [0.1, 0.15) is 37.7 Å². The molecule has 1 aromatic heterocycles. The van der Waals surface area contributed by atoms with Gasteiger partial charge < -0.3 is 15.4 Å². The summed E-state index contributed by atoms with van der Waals surface area (Å²) >= 11 is 0. The van der Waals surface area contributed by atoms with Crippen LogP contribution in [-0.2, 0) is 11.3 Å². The van der Waals surface area contributed by atoms with Gasteiger partial charge in [0.1, 0.15) is 11.6 Å². The van der Waals surface area contributed by atoms with Crippen LogP contribution in [0.15, 0.2) is 42.6 Å². The van der Waals surface area contributed by atoms with Crippen LogP contribution in [0, 0.1) is 11.7 Å². The predicted molar refractivity (Wildman–Crippen MR) is 99.8 cm³/mol. The zero-order valence-electron chi connectivity index (χ0n) is 15.2. The van der Waals surface area contributed by atoms with Crippen LogP contribution >= 0.6 is 0 Å². The number of rotatable bonds is 5. The van der Waals surface area contributed by atoms with Crippen molar-refractivity contribution in [2.75, 3.05) is 0 Å². The molecular formula is C21H24FN3O2. The second kappa shape index (κ2) is 8.05. The first-order chi connectivity index (χ1) is 13.2. The van der Waals surface area contributed by atoms with Crippen molar-refractivity contribution in [3.8, 4) is 11.6 Å². The van der Waals surface area contributed by atoms with Crippen LogP contribution in [0.3, 0.4) is 0 Å². The molecular weight excluding hydrogens is 345 g/mol. The summed E-state index contributed by atoms with van der Waals surface area (Å²) in [6.45, 7) is 0.441. The molecule has 2 N–H and O–H groups in total. The Kier molecular flexibility index (Phi) is 5.34. The van der Waals surface area contributed by atoms with Crippen molar-refractivity contribution in [2.45, 2.75) is 50.7 Å². The lowest BCUT2D eigenvalue weighted by Gasteiger charge is -2.24. The summed E-state index contributed by atoms with van der Waals surface area (Å²) in [6.07, 6.45) is 7.60. The second-order valence-electron chi connectivity index (χ2n) is 7.38. The van der Waals surface area contributed by atoms with E-state index in [-0.39, 0.29) is 17.8 Å². The smallest absolute Gasteiger partial charge is 0.237 e. The minimum Gasteiger partial charge on any atom is -0.439 e. The molecule has 1 saturated carbocycles. The molecule has 1 aliphatic heterocycles. The summed E-state index contributed by atoms with van der Waals surface area (Å²) in [5.41, 5.74) is 0.908. The molecule has 0 radical (unpaired) electrons. The normalized spacial score (nSPS) is 24.3. The minimum absolute atomic E-state index is 0.0658. The summed E-state index contributed by atoms with van der Waals surface area (Å²) in [7, 11) is 0. The summed E-state index contributed by atoms with van der Waals surface area (Å²) < 4.78 is 18.5. The number of nitrogens with zero attached hydrogens (tertiary/aromatic N) is 1. The van der Waals surface area contributed by atoms with Crippen LogP contribution in [0.25, 0.3) is 0 Å². The van der Waals surface area contributed by atoms with E-state index in [2.05, 4.69) is 15.6 Å². The summed E-state index contributed by atoms with van der Waals surface area (Å²) in [6, 6.07) is 9.83. The average molecular weight is 369 g/mol. The third-order valence-corrected chi connectivity index (χ3v) is 5.48. The molecule has 2 fully saturated rings. The van der Waals surface area contributed by atoms with Crippen molar-refractivity contribution < 1.29 is 13.9 Å². The maximum atomic E-state index is 12.9. The van der Waals surface area contributed by atoms with Gasteiger partial charge in [-0.05, 0) is 55.0 Å². The maximum Gasteiger partial charge on any atom is 0.237 e. The van der Waals surface area contributed by atoms with E-state index in [1.54, 1.807) is 24.4 Å². The molecule has 1 amide bonds. The van der Waals surface area contributed by atoms with Gasteiger partial charge in [0.05, 0.1) is 6.04 Å². The van der Waals surface area contributed by atoms with Crippen molar-refractivity contribution in [2.24, 2.45) is 5.92 Å². The molecule has 3 atom stereocenters. The Hall–Kier alpha value is -2.47. The monoisotopic (exact) mass is 369 g/mol. The Morgan fingerprint density at radius 1 is 1.19 bits per heavy atom. The first-order valence-electron chi connectivity index (χ1n) is 9.59. The number of benzene rings is 1. The van der Waals surface area contributed by atoms with E-state index >= 15 is 0 Å². The Balaban J connectivity index is 1.27. The molecule has 2 aromatic rings. The lowest BCUT2D eigenvalue weighted by atomic mass is 9.85. The number of aromatic nitrogens is 1. The lowest BCUT2D eigenvalue weighted by molar-refractivity contribution is -0.123. The van der Waals surface area contributed by atoms with Crippen molar-refractivity contribution in [1.29, 1.82) is 0 Å². The molecule has 0 spiro atoms. The average Bonchev–Trinajstić information content (AvgIpc) is 3.13. The number of nitrogens with one attached hydrogen (secondary N) is 2. The van der Waals surface area contributed by atoms with Crippen LogP contribution in [0.5, 0.6) is 11.6 Å². The Morgan fingerprint density at radius 3 is 2.74 bits per heavy atom. The quantitative estimate of drug-likeness (QED) is 0.846. The second-order valence-corrected chi connectivity index (χ2v) is 7.38. The highest BCUT2D eigenvalue weighted by Gasteiger charge is 2.37. The maximum absolute atomic E-state index is 12.9. The summed E-state index contributed by atoms with van der Waals surface area (Å²) in [4.78, 5) is 16.7. The van der Waals surface area contributed by atoms with Gasteiger partial charge in [0.25, 0.3) is 0 Å². The molecule has 0 bridgehead atoms. The Labute approximate surface area is 158 Å². The van der Waals surface area contributed by atoms with Gasteiger partial charge in [-0.25, -0.2) is 9.37 Å². The van der Waals surface area contributed by atoms with Gasteiger partial charge in [0.15, 0.2) is 0 Å². The van der Waals surface area contributed by atoms with Crippen LogP contribution in [0.4, 0.5) is 4.39 Å². The van der Waals surface area contributed by atoms with Crippen LogP contribution < -0.4 is 15.4 Å². The van der Waals surface area contributed by atoms with Crippen LogP contribution in [0.2, 0.25) is 0 Å². The molecule has 1 saturated heterocycles. The van der Waals surface area contributed by atoms with Gasteiger partial charge in [-0.15, -0.1) is 0 Å². The zero-order chi connectivity index (χ0) is 18.6. The highest BCUT2D eigenvalue weighted by molar-refractivity contribution is 5.82. The van der Waals surface area contributed by atoms with Gasteiger partial charge >= 0.3 is 0 Å². The first-order valence-corrected chi connectivity index (χ1v) is 9.59. The van der Waals surface area contributed by atoms with Crippen molar-refractivity contribution in [1.82, 2.24) is 15.6 Å². The summed E-state index contributed by atoms with van der Waals surface area (Å²) in [5.74, 6) is 1.37. The van der Waals surface area contributed by atoms with E-state index in [0.717, 1.165) is 12.0 Å². The molecule has 4 rings (SSSR count). The third-order valence-electron chi connectivity index (χ3n) is 5.48. The van der Waals surface area contributed by atoms with Gasteiger partial charge in [-0.3, -0.25) is 4.79 Å².